The van der Waals surface area contributed by atoms with Crippen LogP contribution in [0.2, 0.25) is 0 Å². The summed E-state index contributed by atoms with van der Waals surface area (Å²) in [4.78, 5) is 2.50. The first kappa shape index (κ1) is 16.2. The lowest BCUT2D eigenvalue weighted by atomic mass is 9.83. The average molecular weight is 263 g/mol. The van der Waals surface area contributed by atoms with E-state index in [1.807, 2.05) is 13.8 Å². The van der Waals surface area contributed by atoms with Gasteiger partial charge >= 0.3 is 0 Å². The molecule has 0 unspecified atom stereocenters. The zero-order valence-corrected chi connectivity index (χ0v) is 13.2. The Kier molecular flexibility index (Phi) is 6.53. The standard InChI is InChI=1S/C15H23NO.C2H6/c1-13-4-6-14(7-5-13)15(2,3)12-16-8-10-17-11-9-16;1-2/h4-7H,8-12H2,1-3H3;1-2H3. The molecule has 1 aromatic rings. The van der Waals surface area contributed by atoms with Crippen LogP contribution in [-0.2, 0) is 10.2 Å². The Labute approximate surface area is 118 Å². The van der Waals surface area contributed by atoms with Gasteiger partial charge in [-0.2, -0.15) is 0 Å². The Morgan fingerprint density at radius 3 is 2.11 bits per heavy atom. The predicted octanol–water partition coefficient (Wildman–Crippen LogP) is 3.63. The van der Waals surface area contributed by atoms with E-state index in [1.165, 1.54) is 11.1 Å². The molecule has 0 bridgehead atoms. The summed E-state index contributed by atoms with van der Waals surface area (Å²) in [5.74, 6) is 0. The second kappa shape index (κ2) is 7.66. The first-order chi connectivity index (χ1) is 9.08. The molecule has 2 heteroatoms. The molecule has 1 saturated heterocycles. The number of rotatable bonds is 3. The third-order valence-electron chi connectivity index (χ3n) is 3.56. The highest BCUT2D eigenvalue weighted by molar-refractivity contribution is 5.27. The van der Waals surface area contributed by atoms with Crippen LogP contribution in [0.15, 0.2) is 24.3 Å². The van der Waals surface area contributed by atoms with E-state index in [9.17, 15) is 0 Å². The summed E-state index contributed by atoms with van der Waals surface area (Å²) in [7, 11) is 0. The summed E-state index contributed by atoms with van der Waals surface area (Å²) in [6.45, 7) is 15.8. The van der Waals surface area contributed by atoms with E-state index in [0.717, 1.165) is 32.8 Å². The molecule has 0 aromatic heterocycles. The molecule has 0 radical (unpaired) electrons. The number of hydrogen-bond donors (Lipinski definition) is 0. The Hall–Kier alpha value is -0.860. The molecule has 1 aromatic carbocycles. The number of aryl methyl sites for hydroxylation is 1. The van der Waals surface area contributed by atoms with Gasteiger partial charge < -0.3 is 4.74 Å². The minimum Gasteiger partial charge on any atom is -0.379 e. The van der Waals surface area contributed by atoms with Crippen LogP contribution in [0.1, 0.15) is 38.8 Å². The summed E-state index contributed by atoms with van der Waals surface area (Å²) in [6, 6.07) is 8.93. The lowest BCUT2D eigenvalue weighted by Crippen LogP contribution is -2.43. The Bertz CT molecular complexity index is 350. The number of benzene rings is 1. The lowest BCUT2D eigenvalue weighted by Gasteiger charge is -2.35. The van der Waals surface area contributed by atoms with E-state index in [-0.39, 0.29) is 5.41 Å². The average Bonchev–Trinajstić information content (AvgIpc) is 2.42. The molecular weight excluding hydrogens is 234 g/mol. The normalized spacial score (nSPS) is 16.7. The smallest absolute Gasteiger partial charge is 0.0594 e. The maximum Gasteiger partial charge on any atom is 0.0594 e. The molecule has 2 rings (SSSR count). The van der Waals surface area contributed by atoms with Crippen molar-refractivity contribution in [1.29, 1.82) is 0 Å². The first-order valence-electron chi connectivity index (χ1n) is 7.45. The highest BCUT2D eigenvalue weighted by atomic mass is 16.5. The molecule has 0 atom stereocenters. The third-order valence-corrected chi connectivity index (χ3v) is 3.56. The first-order valence-corrected chi connectivity index (χ1v) is 7.45. The van der Waals surface area contributed by atoms with E-state index in [4.69, 9.17) is 4.74 Å². The van der Waals surface area contributed by atoms with Gasteiger partial charge in [-0.25, -0.2) is 0 Å². The highest BCUT2D eigenvalue weighted by Crippen LogP contribution is 2.25. The van der Waals surface area contributed by atoms with E-state index >= 15 is 0 Å². The summed E-state index contributed by atoms with van der Waals surface area (Å²) < 4.78 is 5.39. The van der Waals surface area contributed by atoms with Gasteiger partial charge in [-0.1, -0.05) is 57.5 Å². The van der Waals surface area contributed by atoms with Gasteiger partial charge in [-0.05, 0) is 12.5 Å². The molecule has 0 spiro atoms. The van der Waals surface area contributed by atoms with Crippen LogP contribution < -0.4 is 0 Å². The van der Waals surface area contributed by atoms with Crippen molar-refractivity contribution >= 4 is 0 Å². The fourth-order valence-corrected chi connectivity index (χ4v) is 2.41. The fraction of sp³-hybridized carbons (Fsp3) is 0.647. The minimum absolute atomic E-state index is 0.213. The van der Waals surface area contributed by atoms with Crippen LogP contribution in [0, 0.1) is 6.92 Å². The second-order valence-electron chi connectivity index (χ2n) is 5.64. The summed E-state index contributed by atoms with van der Waals surface area (Å²) in [5.41, 5.74) is 2.97. The third kappa shape index (κ3) is 4.96. The quantitative estimate of drug-likeness (QED) is 0.825. The van der Waals surface area contributed by atoms with Crippen LogP contribution in [0.4, 0.5) is 0 Å². The molecule has 0 aliphatic carbocycles. The molecular formula is C17H29NO. The lowest BCUT2D eigenvalue weighted by molar-refractivity contribution is 0.0295. The van der Waals surface area contributed by atoms with Gasteiger partial charge in [0.1, 0.15) is 0 Å². The van der Waals surface area contributed by atoms with Crippen molar-refractivity contribution in [2.24, 2.45) is 0 Å². The molecule has 1 fully saturated rings. The van der Waals surface area contributed by atoms with Gasteiger partial charge in [0.05, 0.1) is 13.2 Å². The van der Waals surface area contributed by atoms with Crippen LogP contribution in [-0.4, -0.2) is 37.7 Å². The van der Waals surface area contributed by atoms with E-state index in [1.54, 1.807) is 0 Å². The van der Waals surface area contributed by atoms with Crippen molar-refractivity contribution in [3.05, 3.63) is 35.4 Å². The Morgan fingerprint density at radius 2 is 1.58 bits per heavy atom. The van der Waals surface area contributed by atoms with E-state index in [2.05, 4.69) is 49.9 Å². The van der Waals surface area contributed by atoms with Crippen molar-refractivity contribution in [1.82, 2.24) is 4.90 Å². The predicted molar refractivity (Wildman–Crippen MR) is 82.8 cm³/mol. The Morgan fingerprint density at radius 1 is 1.05 bits per heavy atom. The van der Waals surface area contributed by atoms with Gasteiger partial charge in [0.25, 0.3) is 0 Å². The maximum atomic E-state index is 5.39. The molecule has 2 nitrogen and oxygen atoms in total. The SMILES string of the molecule is CC.Cc1ccc(C(C)(C)CN2CCOCC2)cc1. The number of ether oxygens (including phenoxy) is 1. The topological polar surface area (TPSA) is 12.5 Å². The van der Waals surface area contributed by atoms with Gasteiger partial charge in [0.2, 0.25) is 0 Å². The zero-order chi connectivity index (χ0) is 14.3. The Balaban J connectivity index is 0.000000861. The molecule has 1 aliphatic rings. The summed E-state index contributed by atoms with van der Waals surface area (Å²) >= 11 is 0. The summed E-state index contributed by atoms with van der Waals surface area (Å²) in [6.07, 6.45) is 0. The minimum atomic E-state index is 0.213. The molecule has 108 valence electrons. The second-order valence-corrected chi connectivity index (χ2v) is 5.64. The van der Waals surface area contributed by atoms with Crippen LogP contribution in [0.5, 0.6) is 0 Å². The highest BCUT2D eigenvalue weighted by Gasteiger charge is 2.24. The summed E-state index contributed by atoms with van der Waals surface area (Å²) in [5, 5.41) is 0. The van der Waals surface area contributed by atoms with Crippen molar-refractivity contribution < 1.29 is 4.74 Å². The van der Waals surface area contributed by atoms with Gasteiger partial charge in [-0.3, -0.25) is 4.90 Å². The maximum absolute atomic E-state index is 5.39. The van der Waals surface area contributed by atoms with Crippen LogP contribution in [0.25, 0.3) is 0 Å². The zero-order valence-electron chi connectivity index (χ0n) is 13.2. The molecule has 0 N–H and O–H groups in total. The van der Waals surface area contributed by atoms with Crippen molar-refractivity contribution in [2.45, 2.75) is 40.0 Å². The van der Waals surface area contributed by atoms with Crippen LogP contribution in [0.3, 0.4) is 0 Å². The molecule has 1 aliphatic heterocycles. The largest absolute Gasteiger partial charge is 0.379 e. The number of morpholine rings is 1. The monoisotopic (exact) mass is 263 g/mol. The van der Waals surface area contributed by atoms with Crippen molar-refractivity contribution in [3.63, 3.8) is 0 Å². The van der Waals surface area contributed by atoms with Gasteiger partial charge in [-0.15, -0.1) is 0 Å². The van der Waals surface area contributed by atoms with Gasteiger partial charge in [0.15, 0.2) is 0 Å². The molecule has 0 amide bonds. The van der Waals surface area contributed by atoms with Gasteiger partial charge in [0, 0.05) is 25.0 Å². The molecule has 19 heavy (non-hydrogen) atoms. The number of hydrogen-bond acceptors (Lipinski definition) is 2. The van der Waals surface area contributed by atoms with E-state index < -0.39 is 0 Å². The fourth-order valence-electron chi connectivity index (χ4n) is 2.41. The molecule has 1 heterocycles. The van der Waals surface area contributed by atoms with Crippen LogP contribution >= 0.6 is 0 Å². The molecule has 0 saturated carbocycles. The van der Waals surface area contributed by atoms with Crippen molar-refractivity contribution in [2.75, 3.05) is 32.8 Å². The number of nitrogens with zero attached hydrogens (tertiary/aromatic N) is 1. The van der Waals surface area contributed by atoms with E-state index in [0.29, 0.717) is 0 Å². The van der Waals surface area contributed by atoms with Crippen molar-refractivity contribution in [3.8, 4) is 0 Å².